The Morgan fingerprint density at radius 3 is 2.34 bits per heavy atom. The lowest BCUT2D eigenvalue weighted by molar-refractivity contribution is -0.137. The number of anilines is 1. The largest absolute Gasteiger partial charge is 0.493 e. The van der Waals surface area contributed by atoms with E-state index < -0.39 is 17.8 Å². The molecule has 0 aliphatic carbocycles. The third-order valence-corrected chi connectivity index (χ3v) is 5.63. The lowest BCUT2D eigenvalue weighted by Crippen LogP contribution is -2.40. The number of halogens is 3. The number of methoxy groups -OCH3 is 2. The maximum atomic E-state index is 13.1. The minimum Gasteiger partial charge on any atom is -0.493 e. The van der Waals surface area contributed by atoms with Gasteiger partial charge < -0.3 is 14.4 Å². The Morgan fingerprint density at radius 2 is 1.72 bits per heavy atom. The van der Waals surface area contributed by atoms with E-state index in [0.717, 1.165) is 23.3 Å². The zero-order chi connectivity index (χ0) is 20.9. The fraction of sp³-hybridized carbons (Fsp3) is 0.300. The van der Waals surface area contributed by atoms with E-state index in [1.807, 2.05) is 12.1 Å². The standard InChI is InChI=1S/C20H17F3N2O3S/c1-27-16-7-11-6-15-18(26)25(14-5-3-4-13(9-14)20(21,22)23)19(29)24(15)10-12(11)8-17(16)28-2/h3-5,7-9,15H,6,10H2,1-2H3. The zero-order valence-electron chi connectivity index (χ0n) is 15.6. The van der Waals surface area contributed by atoms with Crippen LogP contribution in [0.2, 0.25) is 0 Å². The molecule has 0 bridgehead atoms. The zero-order valence-corrected chi connectivity index (χ0v) is 16.4. The Balaban J connectivity index is 1.69. The molecule has 2 heterocycles. The normalized spacial score (nSPS) is 18.6. The van der Waals surface area contributed by atoms with Crippen molar-refractivity contribution >= 4 is 28.9 Å². The fourth-order valence-electron chi connectivity index (χ4n) is 3.76. The molecule has 4 rings (SSSR count). The van der Waals surface area contributed by atoms with Gasteiger partial charge in [-0.15, -0.1) is 0 Å². The summed E-state index contributed by atoms with van der Waals surface area (Å²) in [7, 11) is 3.07. The molecular formula is C20H17F3N2O3S. The molecule has 29 heavy (non-hydrogen) atoms. The van der Waals surface area contributed by atoms with Crippen molar-refractivity contribution in [2.24, 2.45) is 0 Å². The number of rotatable bonds is 3. The van der Waals surface area contributed by atoms with Gasteiger partial charge in [-0.05, 0) is 53.7 Å². The summed E-state index contributed by atoms with van der Waals surface area (Å²) in [5, 5.41) is 0.194. The number of hydrogen-bond acceptors (Lipinski definition) is 4. The van der Waals surface area contributed by atoms with E-state index in [4.69, 9.17) is 21.7 Å². The highest BCUT2D eigenvalue weighted by atomic mass is 32.1. The number of carbonyl (C=O) groups is 1. The van der Waals surface area contributed by atoms with Crippen molar-refractivity contribution in [1.29, 1.82) is 0 Å². The van der Waals surface area contributed by atoms with Crippen molar-refractivity contribution < 1.29 is 27.4 Å². The number of carbonyl (C=O) groups excluding carboxylic acids is 1. The summed E-state index contributed by atoms with van der Waals surface area (Å²) in [5.41, 5.74) is 1.14. The minimum atomic E-state index is -4.50. The van der Waals surface area contributed by atoms with Crippen LogP contribution in [0.3, 0.4) is 0 Å². The molecule has 0 radical (unpaired) electrons. The average molecular weight is 422 g/mol. The van der Waals surface area contributed by atoms with Gasteiger partial charge in [-0.25, -0.2) is 0 Å². The van der Waals surface area contributed by atoms with Crippen LogP contribution < -0.4 is 14.4 Å². The predicted molar refractivity (Wildman–Crippen MR) is 104 cm³/mol. The first-order chi connectivity index (χ1) is 13.7. The number of hydrogen-bond donors (Lipinski definition) is 0. The summed E-state index contributed by atoms with van der Waals surface area (Å²) in [6.07, 6.45) is -4.12. The third-order valence-electron chi connectivity index (χ3n) is 5.21. The average Bonchev–Trinajstić information content (AvgIpc) is 2.94. The van der Waals surface area contributed by atoms with Crippen LogP contribution in [0.1, 0.15) is 16.7 Å². The van der Waals surface area contributed by atoms with Crippen molar-refractivity contribution in [2.75, 3.05) is 19.1 Å². The molecule has 0 saturated carbocycles. The summed E-state index contributed by atoms with van der Waals surface area (Å²) >= 11 is 5.47. The van der Waals surface area contributed by atoms with Crippen LogP contribution in [-0.4, -0.2) is 36.2 Å². The molecule has 1 amide bonds. The van der Waals surface area contributed by atoms with Crippen LogP contribution in [0.15, 0.2) is 36.4 Å². The smallest absolute Gasteiger partial charge is 0.416 e. The van der Waals surface area contributed by atoms with Crippen molar-refractivity contribution in [2.45, 2.75) is 25.2 Å². The highest BCUT2D eigenvalue weighted by Gasteiger charge is 2.46. The monoisotopic (exact) mass is 422 g/mol. The Bertz CT molecular complexity index is 958. The molecule has 1 unspecified atom stereocenters. The van der Waals surface area contributed by atoms with Gasteiger partial charge >= 0.3 is 6.18 Å². The number of alkyl halides is 3. The highest BCUT2D eigenvalue weighted by molar-refractivity contribution is 7.80. The summed E-state index contributed by atoms with van der Waals surface area (Å²) in [6.45, 7) is 0.361. The van der Waals surface area contributed by atoms with Gasteiger partial charge in [0.1, 0.15) is 6.04 Å². The number of nitrogens with zero attached hydrogens (tertiary/aromatic N) is 2. The molecule has 2 aromatic carbocycles. The molecule has 1 atom stereocenters. The maximum absolute atomic E-state index is 13.1. The van der Waals surface area contributed by atoms with Gasteiger partial charge in [-0.3, -0.25) is 9.69 Å². The summed E-state index contributed by atoms with van der Waals surface area (Å²) in [6, 6.07) is 7.74. The van der Waals surface area contributed by atoms with Gasteiger partial charge in [-0.1, -0.05) is 6.07 Å². The Labute approximate surface area is 170 Å². The van der Waals surface area contributed by atoms with E-state index >= 15 is 0 Å². The topological polar surface area (TPSA) is 42.0 Å². The predicted octanol–water partition coefficient (Wildman–Crippen LogP) is 3.78. The molecule has 9 heteroatoms. The second kappa shape index (κ2) is 6.91. The summed E-state index contributed by atoms with van der Waals surface area (Å²) < 4.78 is 50.0. The molecule has 5 nitrogen and oxygen atoms in total. The van der Waals surface area contributed by atoms with Gasteiger partial charge in [0, 0.05) is 13.0 Å². The van der Waals surface area contributed by atoms with Gasteiger partial charge in [-0.2, -0.15) is 13.2 Å². The molecule has 0 N–H and O–H groups in total. The van der Waals surface area contributed by atoms with Crippen LogP contribution in [0, 0.1) is 0 Å². The molecular weight excluding hydrogens is 405 g/mol. The molecule has 2 aliphatic heterocycles. The SMILES string of the molecule is COc1cc2c(cc1OC)CN1C(=S)N(c3cccc(C(F)(F)F)c3)C(=O)C1C2. The molecule has 2 aromatic rings. The van der Waals surface area contributed by atoms with Crippen molar-refractivity contribution in [1.82, 2.24) is 4.90 Å². The van der Waals surface area contributed by atoms with E-state index in [2.05, 4.69) is 0 Å². The van der Waals surface area contributed by atoms with Crippen molar-refractivity contribution in [3.8, 4) is 11.5 Å². The first-order valence-corrected chi connectivity index (χ1v) is 9.21. The van der Waals surface area contributed by atoms with Crippen LogP contribution in [-0.2, 0) is 23.9 Å². The van der Waals surface area contributed by atoms with E-state index in [9.17, 15) is 18.0 Å². The van der Waals surface area contributed by atoms with Gasteiger partial charge in [0.05, 0.1) is 25.5 Å². The lowest BCUT2D eigenvalue weighted by atomic mass is 9.94. The number of ether oxygens (including phenoxy) is 2. The maximum Gasteiger partial charge on any atom is 0.416 e. The summed E-state index contributed by atoms with van der Waals surface area (Å²) in [4.78, 5) is 16.0. The minimum absolute atomic E-state index is 0.114. The first kappa shape index (κ1) is 19.5. The van der Waals surface area contributed by atoms with Crippen LogP contribution in [0.25, 0.3) is 0 Å². The second-order valence-corrected chi connectivity index (χ2v) is 7.19. The quantitative estimate of drug-likeness (QED) is 0.705. The fourth-order valence-corrected chi connectivity index (χ4v) is 4.15. The lowest BCUT2D eigenvalue weighted by Gasteiger charge is -2.31. The van der Waals surface area contributed by atoms with E-state index in [0.29, 0.717) is 24.5 Å². The van der Waals surface area contributed by atoms with Crippen LogP contribution in [0.5, 0.6) is 11.5 Å². The summed E-state index contributed by atoms with van der Waals surface area (Å²) in [5.74, 6) is 0.785. The third kappa shape index (κ3) is 3.19. The van der Waals surface area contributed by atoms with Crippen LogP contribution in [0.4, 0.5) is 18.9 Å². The second-order valence-electron chi connectivity index (χ2n) is 6.83. The Morgan fingerprint density at radius 1 is 1.07 bits per heavy atom. The molecule has 2 aliphatic rings. The molecule has 152 valence electrons. The van der Waals surface area contributed by atoms with E-state index in [1.54, 1.807) is 4.90 Å². The van der Waals surface area contributed by atoms with Crippen molar-refractivity contribution in [3.05, 3.63) is 53.1 Å². The highest BCUT2D eigenvalue weighted by Crippen LogP contribution is 2.39. The number of benzene rings is 2. The van der Waals surface area contributed by atoms with Crippen molar-refractivity contribution in [3.63, 3.8) is 0 Å². The molecule has 0 spiro atoms. The number of thiocarbonyl (C=S) groups is 1. The first-order valence-electron chi connectivity index (χ1n) is 8.80. The Hall–Kier alpha value is -2.81. The van der Waals surface area contributed by atoms with Gasteiger partial charge in [0.2, 0.25) is 0 Å². The molecule has 0 aromatic heterocycles. The van der Waals surface area contributed by atoms with Gasteiger partial charge in [0.25, 0.3) is 5.91 Å². The number of fused-ring (bicyclic) bond motifs is 2. The Kier molecular flexibility index (Phi) is 4.65. The van der Waals surface area contributed by atoms with Gasteiger partial charge in [0.15, 0.2) is 16.6 Å². The van der Waals surface area contributed by atoms with E-state index in [1.165, 1.54) is 31.3 Å². The van der Waals surface area contributed by atoms with Crippen LogP contribution >= 0.6 is 12.2 Å². The number of amides is 1. The molecule has 1 saturated heterocycles. The molecule has 1 fully saturated rings. The van der Waals surface area contributed by atoms with E-state index in [-0.39, 0.29) is 16.7 Å².